The number of nitrogens with zero attached hydrogens (tertiary/aromatic N) is 1. The second-order valence-electron chi connectivity index (χ2n) is 4.30. The predicted molar refractivity (Wildman–Crippen MR) is 60.0 cm³/mol. The highest BCUT2D eigenvalue weighted by Gasteiger charge is 2.18. The SMILES string of the molecule is Nc1ccc(CC2CCN(F)CC2)cc1. The van der Waals surface area contributed by atoms with Gasteiger partial charge in [-0.25, -0.2) is 0 Å². The highest BCUT2D eigenvalue weighted by atomic mass is 19.2. The maximum absolute atomic E-state index is 12.8. The molecule has 0 spiro atoms. The first-order valence-electron chi connectivity index (χ1n) is 5.49. The van der Waals surface area contributed by atoms with Gasteiger partial charge in [-0.2, -0.15) is 0 Å². The first-order valence-corrected chi connectivity index (χ1v) is 5.49. The summed E-state index contributed by atoms with van der Waals surface area (Å²) in [6.45, 7) is 1.17. The molecule has 2 rings (SSSR count). The number of hydrogen-bond donors (Lipinski definition) is 1. The molecule has 15 heavy (non-hydrogen) atoms. The molecule has 0 amide bonds. The van der Waals surface area contributed by atoms with Crippen LogP contribution in [-0.2, 0) is 6.42 Å². The Kier molecular flexibility index (Phi) is 3.21. The van der Waals surface area contributed by atoms with Crippen molar-refractivity contribution in [1.29, 1.82) is 0 Å². The molecule has 1 aliphatic heterocycles. The molecular formula is C12H17FN2. The van der Waals surface area contributed by atoms with Crippen LogP contribution < -0.4 is 5.73 Å². The molecule has 2 nitrogen and oxygen atoms in total. The number of rotatable bonds is 2. The summed E-state index contributed by atoms with van der Waals surface area (Å²) in [5.74, 6) is 0.626. The zero-order valence-corrected chi connectivity index (χ0v) is 8.82. The van der Waals surface area contributed by atoms with Crippen molar-refractivity contribution < 1.29 is 4.48 Å². The van der Waals surface area contributed by atoms with Crippen LogP contribution in [0.25, 0.3) is 0 Å². The van der Waals surface area contributed by atoms with Crippen LogP contribution in [0.5, 0.6) is 0 Å². The Balaban J connectivity index is 1.89. The molecule has 1 aromatic carbocycles. The quantitative estimate of drug-likeness (QED) is 0.597. The fourth-order valence-electron chi connectivity index (χ4n) is 2.09. The molecule has 1 aliphatic rings. The van der Waals surface area contributed by atoms with Gasteiger partial charge in [0.25, 0.3) is 0 Å². The molecule has 0 aliphatic carbocycles. The second-order valence-corrected chi connectivity index (χ2v) is 4.30. The molecule has 1 saturated heterocycles. The summed E-state index contributed by atoms with van der Waals surface area (Å²) >= 11 is 0. The largest absolute Gasteiger partial charge is 0.399 e. The minimum Gasteiger partial charge on any atom is -0.399 e. The summed E-state index contributed by atoms with van der Waals surface area (Å²) < 4.78 is 12.8. The van der Waals surface area contributed by atoms with Crippen molar-refractivity contribution in [3.8, 4) is 0 Å². The van der Waals surface area contributed by atoms with Gasteiger partial charge in [0.15, 0.2) is 0 Å². The fourth-order valence-corrected chi connectivity index (χ4v) is 2.09. The molecule has 0 bridgehead atoms. The van der Waals surface area contributed by atoms with E-state index in [0.29, 0.717) is 19.0 Å². The van der Waals surface area contributed by atoms with Crippen LogP contribution in [0.1, 0.15) is 18.4 Å². The molecule has 1 fully saturated rings. The van der Waals surface area contributed by atoms with Gasteiger partial charge in [0.05, 0.1) is 0 Å². The summed E-state index contributed by atoms with van der Waals surface area (Å²) in [4.78, 5) is 0. The molecule has 2 N–H and O–H groups in total. The smallest absolute Gasteiger partial charge is 0.0314 e. The van der Waals surface area contributed by atoms with Crippen LogP contribution in [0.2, 0.25) is 0 Å². The Morgan fingerprint density at radius 2 is 1.80 bits per heavy atom. The molecule has 3 heteroatoms. The zero-order valence-electron chi connectivity index (χ0n) is 8.82. The Morgan fingerprint density at radius 3 is 2.40 bits per heavy atom. The Labute approximate surface area is 89.8 Å². The van der Waals surface area contributed by atoms with E-state index in [2.05, 4.69) is 12.1 Å². The average Bonchev–Trinajstić information content (AvgIpc) is 2.25. The third kappa shape index (κ3) is 2.93. The van der Waals surface area contributed by atoms with Gasteiger partial charge < -0.3 is 5.73 Å². The van der Waals surface area contributed by atoms with Gasteiger partial charge in [-0.05, 0) is 42.9 Å². The van der Waals surface area contributed by atoms with Crippen LogP contribution in [0.15, 0.2) is 24.3 Å². The van der Waals surface area contributed by atoms with E-state index in [-0.39, 0.29) is 0 Å². The Bertz CT molecular complexity index is 302. The lowest BCUT2D eigenvalue weighted by Gasteiger charge is -2.25. The minimum absolute atomic E-state index is 0.583. The second kappa shape index (κ2) is 4.62. The third-order valence-electron chi connectivity index (χ3n) is 3.06. The van der Waals surface area contributed by atoms with Crippen LogP contribution in [-0.4, -0.2) is 18.2 Å². The summed E-state index contributed by atoms with van der Waals surface area (Å²) in [5.41, 5.74) is 7.73. The van der Waals surface area contributed by atoms with Crippen molar-refractivity contribution in [2.45, 2.75) is 19.3 Å². The van der Waals surface area contributed by atoms with Crippen molar-refractivity contribution >= 4 is 5.69 Å². The van der Waals surface area contributed by atoms with E-state index in [1.807, 2.05) is 12.1 Å². The number of anilines is 1. The standard InChI is InChI=1S/C12H17FN2/c13-15-7-5-11(6-8-15)9-10-1-3-12(14)4-2-10/h1-4,11H,5-9,14H2. The number of nitrogen functional groups attached to an aromatic ring is 1. The highest BCUT2D eigenvalue weighted by molar-refractivity contribution is 5.39. The first kappa shape index (κ1) is 10.4. The van der Waals surface area contributed by atoms with Gasteiger partial charge in [-0.3, -0.25) is 0 Å². The lowest BCUT2D eigenvalue weighted by atomic mass is 9.91. The number of hydrogen-bond acceptors (Lipinski definition) is 2. The molecule has 1 aromatic rings. The predicted octanol–water partition coefficient (Wildman–Crippen LogP) is 2.41. The molecular weight excluding hydrogens is 191 g/mol. The van der Waals surface area contributed by atoms with Crippen molar-refractivity contribution in [2.24, 2.45) is 5.92 Å². The van der Waals surface area contributed by atoms with E-state index >= 15 is 0 Å². The molecule has 0 saturated carbocycles. The van der Waals surface area contributed by atoms with Gasteiger partial charge in [-0.15, -0.1) is 9.60 Å². The first-order chi connectivity index (χ1) is 7.24. The van der Waals surface area contributed by atoms with Crippen LogP contribution in [0, 0.1) is 5.92 Å². The minimum atomic E-state index is 0.583. The fraction of sp³-hybridized carbons (Fsp3) is 0.500. The van der Waals surface area contributed by atoms with Crippen LogP contribution >= 0.6 is 0 Å². The van der Waals surface area contributed by atoms with E-state index in [1.54, 1.807) is 0 Å². The summed E-state index contributed by atoms with van der Waals surface area (Å²) in [5, 5.41) is 0.916. The van der Waals surface area contributed by atoms with Gasteiger partial charge in [-0.1, -0.05) is 12.1 Å². The topological polar surface area (TPSA) is 29.3 Å². The lowest BCUT2D eigenvalue weighted by molar-refractivity contribution is -0.00852. The summed E-state index contributed by atoms with van der Waals surface area (Å²) in [7, 11) is 0. The average molecular weight is 208 g/mol. The van der Waals surface area contributed by atoms with Gasteiger partial charge >= 0.3 is 0 Å². The molecule has 1 heterocycles. The maximum atomic E-state index is 12.8. The van der Waals surface area contributed by atoms with Gasteiger partial charge in [0.2, 0.25) is 0 Å². The number of piperidine rings is 1. The Hall–Kier alpha value is -1.09. The highest BCUT2D eigenvalue weighted by Crippen LogP contribution is 2.22. The normalized spacial score (nSPS) is 19.3. The Morgan fingerprint density at radius 1 is 1.20 bits per heavy atom. The molecule has 0 aromatic heterocycles. The van der Waals surface area contributed by atoms with Crippen LogP contribution in [0.4, 0.5) is 10.2 Å². The molecule has 0 unspecified atom stereocenters. The third-order valence-corrected chi connectivity index (χ3v) is 3.06. The van der Waals surface area contributed by atoms with Gasteiger partial charge in [0, 0.05) is 18.8 Å². The molecule has 82 valence electrons. The van der Waals surface area contributed by atoms with Crippen LogP contribution in [0.3, 0.4) is 0 Å². The number of halogens is 1. The van der Waals surface area contributed by atoms with E-state index in [1.165, 1.54) is 5.56 Å². The number of benzene rings is 1. The van der Waals surface area contributed by atoms with E-state index < -0.39 is 0 Å². The summed E-state index contributed by atoms with van der Waals surface area (Å²) in [6.07, 6.45) is 2.97. The van der Waals surface area contributed by atoms with Gasteiger partial charge in [0.1, 0.15) is 0 Å². The molecule has 0 radical (unpaired) electrons. The van der Waals surface area contributed by atoms with Crippen molar-refractivity contribution in [1.82, 2.24) is 5.12 Å². The maximum Gasteiger partial charge on any atom is 0.0314 e. The number of nitrogens with two attached hydrogens (primary N) is 1. The van der Waals surface area contributed by atoms with Crippen molar-refractivity contribution in [2.75, 3.05) is 18.8 Å². The zero-order chi connectivity index (χ0) is 10.7. The molecule has 0 atom stereocenters. The van der Waals surface area contributed by atoms with Crippen molar-refractivity contribution in [3.05, 3.63) is 29.8 Å². The van der Waals surface area contributed by atoms with E-state index in [0.717, 1.165) is 30.1 Å². The van der Waals surface area contributed by atoms with Crippen molar-refractivity contribution in [3.63, 3.8) is 0 Å². The summed E-state index contributed by atoms with van der Waals surface area (Å²) in [6, 6.07) is 7.99. The van der Waals surface area contributed by atoms with E-state index in [9.17, 15) is 4.48 Å². The monoisotopic (exact) mass is 208 g/mol. The van der Waals surface area contributed by atoms with E-state index in [4.69, 9.17) is 5.73 Å². The lowest BCUT2D eigenvalue weighted by Crippen LogP contribution is -2.28.